The normalized spacial score (nSPS) is 14.4. The summed E-state index contributed by atoms with van der Waals surface area (Å²) >= 11 is 0. The smallest absolute Gasteiger partial charge is 0.260 e. The van der Waals surface area contributed by atoms with Gasteiger partial charge in [-0.1, -0.05) is 6.07 Å². The van der Waals surface area contributed by atoms with Crippen molar-refractivity contribution in [2.24, 2.45) is 7.05 Å². The van der Waals surface area contributed by atoms with Crippen molar-refractivity contribution >= 4 is 10.9 Å². The first kappa shape index (κ1) is 14.6. The second-order valence-corrected chi connectivity index (χ2v) is 4.84. The fourth-order valence-electron chi connectivity index (χ4n) is 2.08. The highest BCUT2D eigenvalue weighted by molar-refractivity contribution is 5.78. The summed E-state index contributed by atoms with van der Waals surface area (Å²) in [6.45, 7) is 0.606. The summed E-state index contributed by atoms with van der Waals surface area (Å²) in [5.74, 6) is 0. The number of nitrogens with one attached hydrogen (secondary N) is 1. The molecule has 0 saturated heterocycles. The van der Waals surface area contributed by atoms with Crippen LogP contribution in [-0.4, -0.2) is 39.5 Å². The quantitative estimate of drug-likeness (QED) is 0.712. The molecule has 0 amide bonds. The number of hydrogen-bond acceptors (Lipinski definition) is 5. The molecule has 2 rings (SSSR count). The number of aliphatic hydroxyl groups excluding tert-OH is 2. The van der Waals surface area contributed by atoms with E-state index in [9.17, 15) is 15.0 Å². The topological polar surface area (TPSA) is 87.4 Å². The van der Waals surface area contributed by atoms with Crippen LogP contribution in [0.25, 0.3) is 10.9 Å². The second kappa shape index (κ2) is 6.13. The van der Waals surface area contributed by atoms with Crippen LogP contribution in [-0.2, 0) is 7.05 Å². The predicted octanol–water partition coefficient (Wildman–Crippen LogP) is -0.0627. The average Bonchev–Trinajstić information content (AvgIpc) is 2.47. The van der Waals surface area contributed by atoms with E-state index in [4.69, 9.17) is 0 Å². The first-order valence-electron chi connectivity index (χ1n) is 6.50. The first-order valence-corrected chi connectivity index (χ1v) is 6.50. The Bertz CT molecular complexity index is 654. The van der Waals surface area contributed by atoms with E-state index in [-0.39, 0.29) is 5.56 Å². The highest BCUT2D eigenvalue weighted by atomic mass is 16.3. The van der Waals surface area contributed by atoms with Gasteiger partial charge in [0, 0.05) is 7.05 Å². The molecule has 6 nitrogen and oxygen atoms in total. The summed E-state index contributed by atoms with van der Waals surface area (Å²) in [5, 5.41) is 23.4. The first-order chi connectivity index (χ1) is 9.54. The molecule has 2 atom stereocenters. The van der Waals surface area contributed by atoms with Gasteiger partial charge in [0.1, 0.15) is 6.10 Å². The summed E-state index contributed by atoms with van der Waals surface area (Å²) in [7, 11) is 3.41. The zero-order valence-corrected chi connectivity index (χ0v) is 11.6. The molecule has 0 fully saturated rings. The Labute approximate surface area is 116 Å². The highest BCUT2D eigenvalue weighted by Crippen LogP contribution is 2.21. The monoisotopic (exact) mass is 277 g/mol. The maximum atomic E-state index is 12.0. The fourth-order valence-corrected chi connectivity index (χ4v) is 2.08. The number of nitrogens with zero attached hydrogens (tertiary/aromatic N) is 2. The van der Waals surface area contributed by atoms with Crippen LogP contribution >= 0.6 is 0 Å². The van der Waals surface area contributed by atoms with Crippen LogP contribution in [0.15, 0.2) is 29.3 Å². The molecule has 3 N–H and O–H groups in total. The molecule has 1 aromatic carbocycles. The van der Waals surface area contributed by atoms with Gasteiger partial charge in [-0.3, -0.25) is 4.79 Å². The Balaban J connectivity index is 2.36. The van der Waals surface area contributed by atoms with E-state index in [2.05, 4.69) is 10.3 Å². The standard InChI is InChI=1S/C14H19N3O3/c1-15-6-5-12(18)13(19)9-3-4-11-10(7-9)14(20)17(2)8-16-11/h3-4,7-8,12-13,15,18-19H,5-6H2,1-2H3. The molecule has 108 valence electrons. The number of aryl methyl sites for hydroxylation is 1. The van der Waals surface area contributed by atoms with E-state index in [1.807, 2.05) is 0 Å². The van der Waals surface area contributed by atoms with Gasteiger partial charge in [0.2, 0.25) is 0 Å². The molecule has 0 saturated carbocycles. The number of hydrogen-bond donors (Lipinski definition) is 3. The minimum Gasteiger partial charge on any atom is -0.390 e. The number of aromatic nitrogens is 2. The fraction of sp³-hybridized carbons (Fsp3) is 0.429. The summed E-state index contributed by atoms with van der Waals surface area (Å²) in [5.41, 5.74) is 0.925. The van der Waals surface area contributed by atoms with E-state index in [0.717, 1.165) is 0 Å². The zero-order valence-electron chi connectivity index (χ0n) is 11.6. The third-order valence-corrected chi connectivity index (χ3v) is 3.34. The van der Waals surface area contributed by atoms with Gasteiger partial charge in [-0.25, -0.2) is 4.98 Å². The lowest BCUT2D eigenvalue weighted by Gasteiger charge is -2.18. The lowest BCUT2D eigenvalue weighted by atomic mass is 10.0. The van der Waals surface area contributed by atoms with Crippen molar-refractivity contribution in [3.05, 3.63) is 40.4 Å². The van der Waals surface area contributed by atoms with Crippen LogP contribution in [0.4, 0.5) is 0 Å². The van der Waals surface area contributed by atoms with Gasteiger partial charge in [0.15, 0.2) is 0 Å². The largest absolute Gasteiger partial charge is 0.390 e. The number of rotatable bonds is 5. The maximum absolute atomic E-state index is 12.0. The lowest BCUT2D eigenvalue weighted by molar-refractivity contribution is 0.0141. The van der Waals surface area contributed by atoms with Gasteiger partial charge in [0.25, 0.3) is 5.56 Å². The summed E-state index contributed by atoms with van der Waals surface area (Å²) in [6, 6.07) is 4.96. The third-order valence-electron chi connectivity index (χ3n) is 3.34. The zero-order chi connectivity index (χ0) is 14.7. The van der Waals surface area contributed by atoms with Crippen LogP contribution in [0.2, 0.25) is 0 Å². The van der Waals surface area contributed by atoms with Crippen molar-refractivity contribution < 1.29 is 10.2 Å². The summed E-state index contributed by atoms with van der Waals surface area (Å²) in [4.78, 5) is 16.2. The Morgan fingerprint density at radius 1 is 1.40 bits per heavy atom. The molecular formula is C14H19N3O3. The molecule has 0 spiro atoms. The van der Waals surface area contributed by atoms with Gasteiger partial charge in [-0.15, -0.1) is 0 Å². The molecule has 0 aliphatic heterocycles. The van der Waals surface area contributed by atoms with Gasteiger partial charge in [0.05, 0.1) is 23.3 Å². The summed E-state index contributed by atoms with van der Waals surface area (Å²) in [6.07, 6.45) is 0.00149. The molecule has 2 unspecified atom stereocenters. The van der Waals surface area contributed by atoms with Gasteiger partial charge in [-0.05, 0) is 37.7 Å². The number of fused-ring (bicyclic) bond motifs is 1. The molecule has 0 radical (unpaired) electrons. The molecular weight excluding hydrogens is 258 g/mol. The molecule has 1 heterocycles. The minimum absolute atomic E-state index is 0.172. The predicted molar refractivity (Wildman–Crippen MR) is 76.5 cm³/mol. The van der Waals surface area contributed by atoms with Crippen molar-refractivity contribution in [3.63, 3.8) is 0 Å². The van der Waals surface area contributed by atoms with E-state index >= 15 is 0 Å². The highest BCUT2D eigenvalue weighted by Gasteiger charge is 2.18. The van der Waals surface area contributed by atoms with Crippen LogP contribution in [0.3, 0.4) is 0 Å². The van der Waals surface area contributed by atoms with Gasteiger partial charge >= 0.3 is 0 Å². The average molecular weight is 277 g/mol. The van der Waals surface area contributed by atoms with E-state index in [1.54, 1.807) is 32.3 Å². The Kier molecular flexibility index (Phi) is 4.49. The molecule has 0 bridgehead atoms. The SMILES string of the molecule is CNCCC(O)C(O)c1ccc2ncn(C)c(=O)c2c1. The van der Waals surface area contributed by atoms with Crippen molar-refractivity contribution in [1.29, 1.82) is 0 Å². The van der Waals surface area contributed by atoms with Crippen LogP contribution in [0.1, 0.15) is 18.1 Å². The Hall–Kier alpha value is -1.76. The van der Waals surface area contributed by atoms with Crippen molar-refractivity contribution in [2.75, 3.05) is 13.6 Å². The minimum atomic E-state index is -1.02. The van der Waals surface area contributed by atoms with Crippen molar-refractivity contribution in [3.8, 4) is 0 Å². The van der Waals surface area contributed by atoms with E-state index in [0.29, 0.717) is 29.4 Å². The molecule has 2 aromatic rings. The Morgan fingerprint density at radius 2 is 2.15 bits per heavy atom. The second-order valence-electron chi connectivity index (χ2n) is 4.84. The number of benzene rings is 1. The van der Waals surface area contributed by atoms with Gasteiger partial charge in [-0.2, -0.15) is 0 Å². The third kappa shape index (κ3) is 2.87. The van der Waals surface area contributed by atoms with Crippen molar-refractivity contribution in [2.45, 2.75) is 18.6 Å². The number of aliphatic hydroxyl groups is 2. The van der Waals surface area contributed by atoms with E-state index < -0.39 is 12.2 Å². The van der Waals surface area contributed by atoms with Crippen LogP contribution in [0, 0.1) is 0 Å². The molecule has 20 heavy (non-hydrogen) atoms. The molecule has 1 aromatic heterocycles. The van der Waals surface area contributed by atoms with Crippen molar-refractivity contribution in [1.82, 2.24) is 14.9 Å². The van der Waals surface area contributed by atoms with E-state index in [1.165, 1.54) is 10.9 Å². The molecule has 0 aliphatic rings. The van der Waals surface area contributed by atoms with Crippen LogP contribution < -0.4 is 10.9 Å². The van der Waals surface area contributed by atoms with Crippen LogP contribution in [0.5, 0.6) is 0 Å². The van der Waals surface area contributed by atoms with Gasteiger partial charge < -0.3 is 20.1 Å². The maximum Gasteiger partial charge on any atom is 0.260 e. The summed E-state index contributed by atoms with van der Waals surface area (Å²) < 4.78 is 1.38. The molecule has 0 aliphatic carbocycles. The lowest BCUT2D eigenvalue weighted by Crippen LogP contribution is -2.23. The molecule has 6 heteroatoms. The Morgan fingerprint density at radius 3 is 2.85 bits per heavy atom.